The van der Waals surface area contributed by atoms with E-state index in [0.29, 0.717) is 11.6 Å². The summed E-state index contributed by atoms with van der Waals surface area (Å²) in [7, 11) is 0. The fraction of sp³-hybridized carbons (Fsp3) is 0.571. The predicted molar refractivity (Wildman–Crippen MR) is 100 cm³/mol. The third-order valence-electron chi connectivity index (χ3n) is 7.36. The fourth-order valence-corrected chi connectivity index (χ4v) is 5.16. The van der Waals surface area contributed by atoms with Crippen molar-refractivity contribution in [1.29, 1.82) is 0 Å². The minimum Gasteiger partial charge on any atom is -0.460 e. The zero-order valence-electron chi connectivity index (χ0n) is 16.1. The normalized spacial score (nSPS) is 31.7. The standard InChI is InChI=1S/C21H26N2O4/c1-20(2)14-9-10-21(20,3)16(11-14)27-18(25)13-22-12-17(24)23(19(22)26)15-7-5-4-6-8-15/h4-8,14,16H,9-13H2,1-3H3/t14-,16-,21-/m1/s1. The van der Waals surface area contributed by atoms with Gasteiger partial charge in [-0.05, 0) is 42.7 Å². The number of imide groups is 1. The third-order valence-corrected chi connectivity index (χ3v) is 7.36. The number of urea groups is 1. The van der Waals surface area contributed by atoms with E-state index in [1.165, 1.54) is 11.3 Å². The molecule has 1 heterocycles. The first kappa shape index (κ1) is 18.0. The molecule has 3 fully saturated rings. The smallest absolute Gasteiger partial charge is 0.332 e. The van der Waals surface area contributed by atoms with Gasteiger partial charge in [-0.1, -0.05) is 39.0 Å². The summed E-state index contributed by atoms with van der Waals surface area (Å²) in [5.74, 6) is -0.184. The van der Waals surface area contributed by atoms with E-state index < -0.39 is 12.0 Å². The number of esters is 1. The number of anilines is 1. The summed E-state index contributed by atoms with van der Waals surface area (Å²) in [6.07, 6.45) is 3.02. The van der Waals surface area contributed by atoms with E-state index in [1.807, 2.05) is 6.07 Å². The highest BCUT2D eigenvalue weighted by Gasteiger charge is 2.62. The van der Waals surface area contributed by atoms with Crippen LogP contribution in [-0.2, 0) is 14.3 Å². The van der Waals surface area contributed by atoms with Gasteiger partial charge < -0.3 is 9.64 Å². The number of rotatable bonds is 4. The van der Waals surface area contributed by atoms with Crippen LogP contribution in [0.15, 0.2) is 30.3 Å². The highest BCUT2D eigenvalue weighted by atomic mass is 16.5. The van der Waals surface area contributed by atoms with E-state index in [-0.39, 0.29) is 35.9 Å². The summed E-state index contributed by atoms with van der Waals surface area (Å²) >= 11 is 0. The minimum atomic E-state index is -0.470. The van der Waals surface area contributed by atoms with Crippen LogP contribution in [0.2, 0.25) is 0 Å². The Hall–Kier alpha value is -2.37. The summed E-state index contributed by atoms with van der Waals surface area (Å²) in [4.78, 5) is 39.8. The van der Waals surface area contributed by atoms with Crippen LogP contribution in [0, 0.1) is 16.7 Å². The van der Waals surface area contributed by atoms with Gasteiger partial charge in [0.1, 0.15) is 19.2 Å². The first-order chi connectivity index (χ1) is 12.7. The quantitative estimate of drug-likeness (QED) is 0.603. The molecule has 27 heavy (non-hydrogen) atoms. The Morgan fingerprint density at radius 1 is 1.19 bits per heavy atom. The highest BCUT2D eigenvalue weighted by molar-refractivity contribution is 6.20. The molecule has 144 valence electrons. The molecule has 3 amide bonds. The Morgan fingerprint density at radius 2 is 1.89 bits per heavy atom. The van der Waals surface area contributed by atoms with Crippen molar-refractivity contribution in [3.8, 4) is 0 Å². The van der Waals surface area contributed by atoms with Crippen molar-refractivity contribution in [1.82, 2.24) is 4.90 Å². The Kier molecular flexibility index (Phi) is 4.05. The molecular weight excluding hydrogens is 344 g/mol. The lowest BCUT2D eigenvalue weighted by Gasteiger charge is -2.38. The summed E-state index contributed by atoms with van der Waals surface area (Å²) in [6.45, 7) is 6.45. The van der Waals surface area contributed by atoms with Crippen LogP contribution < -0.4 is 4.90 Å². The lowest BCUT2D eigenvalue weighted by atomic mass is 9.70. The molecular formula is C21H26N2O4. The number of ether oxygens (including phenoxy) is 1. The Bertz CT molecular complexity index is 791. The maximum Gasteiger partial charge on any atom is 0.332 e. The molecule has 6 nitrogen and oxygen atoms in total. The molecule has 2 saturated carbocycles. The molecule has 4 rings (SSSR count). The monoisotopic (exact) mass is 370 g/mol. The number of benzene rings is 1. The topological polar surface area (TPSA) is 66.9 Å². The molecule has 2 aliphatic carbocycles. The largest absolute Gasteiger partial charge is 0.460 e. The molecule has 1 aromatic rings. The number of carbonyl (C=O) groups excluding carboxylic acids is 3. The van der Waals surface area contributed by atoms with Gasteiger partial charge in [0.2, 0.25) is 0 Å². The predicted octanol–water partition coefficient (Wildman–Crippen LogP) is 3.21. The van der Waals surface area contributed by atoms with E-state index in [4.69, 9.17) is 4.74 Å². The third kappa shape index (κ3) is 2.65. The number of nitrogens with zero attached hydrogens (tertiary/aromatic N) is 2. The van der Waals surface area contributed by atoms with Crippen LogP contribution in [0.1, 0.15) is 40.0 Å². The van der Waals surface area contributed by atoms with E-state index in [1.54, 1.807) is 24.3 Å². The van der Waals surface area contributed by atoms with E-state index >= 15 is 0 Å². The Balaban J connectivity index is 1.41. The van der Waals surface area contributed by atoms with Crippen molar-refractivity contribution >= 4 is 23.6 Å². The van der Waals surface area contributed by atoms with Gasteiger partial charge in [-0.15, -0.1) is 0 Å². The van der Waals surface area contributed by atoms with Crippen LogP contribution in [0.5, 0.6) is 0 Å². The Labute approximate surface area is 159 Å². The maximum atomic E-state index is 12.6. The van der Waals surface area contributed by atoms with Gasteiger partial charge in [-0.25, -0.2) is 9.69 Å². The van der Waals surface area contributed by atoms with Gasteiger partial charge in [0, 0.05) is 5.41 Å². The maximum absolute atomic E-state index is 12.6. The molecule has 1 aromatic carbocycles. The van der Waals surface area contributed by atoms with Crippen molar-refractivity contribution < 1.29 is 19.1 Å². The zero-order valence-corrected chi connectivity index (χ0v) is 16.1. The van der Waals surface area contributed by atoms with Gasteiger partial charge in [0.15, 0.2) is 0 Å². The molecule has 3 aliphatic rings. The minimum absolute atomic E-state index is 0.0196. The molecule has 2 bridgehead atoms. The molecule has 0 aromatic heterocycles. The average Bonchev–Trinajstić information content (AvgIpc) is 3.09. The second-order valence-corrected chi connectivity index (χ2v) is 8.79. The van der Waals surface area contributed by atoms with Crippen molar-refractivity contribution in [2.75, 3.05) is 18.0 Å². The molecule has 0 N–H and O–H groups in total. The number of fused-ring (bicyclic) bond motifs is 2. The number of hydrogen-bond acceptors (Lipinski definition) is 4. The van der Waals surface area contributed by atoms with Gasteiger partial charge in [-0.2, -0.15) is 0 Å². The van der Waals surface area contributed by atoms with E-state index in [2.05, 4.69) is 20.8 Å². The van der Waals surface area contributed by atoms with Crippen molar-refractivity contribution in [3.05, 3.63) is 30.3 Å². The molecule has 0 spiro atoms. The Morgan fingerprint density at radius 3 is 2.48 bits per heavy atom. The first-order valence-corrected chi connectivity index (χ1v) is 9.60. The lowest BCUT2D eigenvalue weighted by molar-refractivity contribution is -0.157. The van der Waals surface area contributed by atoms with Crippen LogP contribution in [0.4, 0.5) is 10.5 Å². The molecule has 1 saturated heterocycles. The van der Waals surface area contributed by atoms with Gasteiger partial charge >= 0.3 is 12.0 Å². The highest BCUT2D eigenvalue weighted by Crippen LogP contribution is 2.66. The average molecular weight is 370 g/mol. The van der Waals surface area contributed by atoms with Gasteiger partial charge in [0.25, 0.3) is 5.91 Å². The van der Waals surface area contributed by atoms with Crippen LogP contribution in [0.25, 0.3) is 0 Å². The van der Waals surface area contributed by atoms with Crippen molar-refractivity contribution in [2.24, 2.45) is 16.7 Å². The number of carbonyl (C=O) groups is 3. The molecule has 0 unspecified atom stereocenters. The first-order valence-electron chi connectivity index (χ1n) is 9.60. The van der Waals surface area contributed by atoms with Crippen molar-refractivity contribution in [2.45, 2.75) is 46.1 Å². The van der Waals surface area contributed by atoms with Crippen LogP contribution in [0.3, 0.4) is 0 Å². The summed E-state index contributed by atoms with van der Waals surface area (Å²) < 4.78 is 5.81. The SMILES string of the molecule is CC1(C)[C@@H]2CC[C@]1(C)[C@H](OC(=O)CN1CC(=O)N(c3ccccc3)C1=O)C2. The lowest BCUT2D eigenvalue weighted by Crippen LogP contribution is -2.41. The van der Waals surface area contributed by atoms with Crippen molar-refractivity contribution in [3.63, 3.8) is 0 Å². The molecule has 6 heteroatoms. The number of para-hydroxylation sites is 1. The van der Waals surface area contributed by atoms with Gasteiger partial charge in [-0.3, -0.25) is 9.59 Å². The number of amides is 3. The fourth-order valence-electron chi connectivity index (χ4n) is 5.16. The van der Waals surface area contributed by atoms with E-state index in [9.17, 15) is 14.4 Å². The molecule has 3 atom stereocenters. The molecule has 1 aliphatic heterocycles. The summed E-state index contributed by atoms with van der Waals surface area (Å²) in [5.41, 5.74) is 0.654. The van der Waals surface area contributed by atoms with Gasteiger partial charge in [0.05, 0.1) is 5.69 Å². The van der Waals surface area contributed by atoms with Crippen LogP contribution >= 0.6 is 0 Å². The molecule has 0 radical (unpaired) electrons. The number of hydrogen-bond donors (Lipinski definition) is 0. The second kappa shape index (κ2) is 6.08. The zero-order chi connectivity index (χ0) is 19.4. The van der Waals surface area contributed by atoms with E-state index in [0.717, 1.165) is 17.7 Å². The summed E-state index contributed by atoms with van der Waals surface area (Å²) in [5, 5.41) is 0. The second-order valence-electron chi connectivity index (χ2n) is 8.79. The summed E-state index contributed by atoms with van der Waals surface area (Å²) in [6, 6.07) is 8.30. The van der Waals surface area contributed by atoms with Crippen LogP contribution in [-0.4, -0.2) is 42.0 Å².